The highest BCUT2D eigenvalue weighted by Crippen LogP contribution is 2.42. The molecular weight excluding hydrogens is 606 g/mol. The average Bonchev–Trinajstić information content (AvgIpc) is 2.92. The van der Waals surface area contributed by atoms with E-state index in [1.54, 1.807) is 0 Å². The molecule has 1 fully saturated rings. The van der Waals surface area contributed by atoms with E-state index in [0.29, 0.717) is 24.3 Å². The van der Waals surface area contributed by atoms with Gasteiger partial charge in [-0.25, -0.2) is 35.1 Å². The van der Waals surface area contributed by atoms with Crippen LogP contribution in [0.4, 0.5) is 43.9 Å². The number of rotatable bonds is 11. The molecule has 2 nitrogen and oxygen atoms in total. The van der Waals surface area contributed by atoms with Crippen LogP contribution in [0.3, 0.4) is 0 Å². The summed E-state index contributed by atoms with van der Waals surface area (Å²) in [4.78, 5) is 0. The molecule has 0 spiro atoms. The molecule has 0 unspecified atom stereocenters. The van der Waals surface area contributed by atoms with E-state index in [0.717, 1.165) is 37.8 Å². The second kappa shape index (κ2) is 13.8. The number of allylic oxidation sites excluding steroid dienone is 2. The van der Waals surface area contributed by atoms with E-state index in [-0.39, 0.29) is 42.5 Å². The predicted octanol–water partition coefficient (Wildman–Crippen LogP) is 10.7. The first-order valence-corrected chi connectivity index (χ1v) is 13.6. The number of ether oxygens (including phenoxy) is 2. The highest BCUT2D eigenvalue weighted by atomic mass is 19.3. The molecule has 1 aliphatic carbocycles. The van der Waals surface area contributed by atoms with Gasteiger partial charge in [-0.3, -0.25) is 0 Å². The van der Waals surface area contributed by atoms with Crippen LogP contribution in [0.2, 0.25) is 0 Å². The van der Waals surface area contributed by atoms with Crippen molar-refractivity contribution in [3.05, 3.63) is 107 Å². The van der Waals surface area contributed by atoms with Crippen molar-refractivity contribution in [3.63, 3.8) is 0 Å². The number of hydrogen-bond acceptors (Lipinski definition) is 2. The normalized spacial score (nSPS) is 17.3. The molecule has 0 aromatic heterocycles. The lowest BCUT2D eigenvalue weighted by atomic mass is 9.77. The third-order valence-corrected chi connectivity index (χ3v) is 7.41. The van der Waals surface area contributed by atoms with E-state index in [2.05, 4.69) is 16.1 Å². The topological polar surface area (TPSA) is 18.5 Å². The smallest absolute Gasteiger partial charge is 0.432 e. The first-order valence-electron chi connectivity index (χ1n) is 13.6. The van der Waals surface area contributed by atoms with Gasteiger partial charge in [-0.05, 0) is 85.8 Å². The van der Waals surface area contributed by atoms with Gasteiger partial charge in [0.2, 0.25) is 0 Å². The molecule has 236 valence electrons. The minimum Gasteiger partial charge on any atom is -0.459 e. The van der Waals surface area contributed by atoms with Gasteiger partial charge in [0.05, 0.1) is 11.8 Å². The van der Waals surface area contributed by atoms with Crippen LogP contribution in [0.5, 0.6) is 11.5 Å². The molecule has 1 saturated carbocycles. The second-order valence-electron chi connectivity index (χ2n) is 10.4. The molecule has 44 heavy (non-hydrogen) atoms. The highest BCUT2D eigenvalue weighted by molar-refractivity contribution is 5.66. The van der Waals surface area contributed by atoms with Gasteiger partial charge in [-0.1, -0.05) is 6.08 Å². The third kappa shape index (κ3) is 7.57. The van der Waals surface area contributed by atoms with Crippen molar-refractivity contribution < 1.29 is 53.4 Å². The number of benzene rings is 3. The molecule has 0 aliphatic heterocycles. The molecular formula is C32H26F10O2. The number of hydrogen-bond donors (Lipinski definition) is 0. The van der Waals surface area contributed by atoms with Crippen molar-refractivity contribution in [2.45, 2.75) is 57.0 Å². The largest absolute Gasteiger partial charge is 0.459 e. The molecule has 0 radical (unpaired) electrons. The van der Waals surface area contributed by atoms with Gasteiger partial charge in [-0.2, -0.15) is 8.78 Å². The van der Waals surface area contributed by atoms with Gasteiger partial charge in [0.1, 0.15) is 34.6 Å². The van der Waals surface area contributed by atoms with Crippen LogP contribution >= 0.6 is 0 Å². The zero-order valence-corrected chi connectivity index (χ0v) is 23.0. The summed E-state index contributed by atoms with van der Waals surface area (Å²) in [6.07, 6.45) is -0.624. The van der Waals surface area contributed by atoms with Crippen LogP contribution in [0, 0.1) is 40.8 Å². The second-order valence-corrected chi connectivity index (χ2v) is 10.4. The van der Waals surface area contributed by atoms with Crippen molar-refractivity contribution in [3.8, 4) is 22.6 Å². The lowest BCUT2D eigenvalue weighted by Gasteiger charge is -2.29. The summed E-state index contributed by atoms with van der Waals surface area (Å²) in [6, 6.07) is 3.05. The summed E-state index contributed by atoms with van der Waals surface area (Å²) in [7, 11) is 0. The van der Waals surface area contributed by atoms with Crippen molar-refractivity contribution in [1.82, 2.24) is 0 Å². The minimum absolute atomic E-state index is 0.121. The summed E-state index contributed by atoms with van der Waals surface area (Å²) >= 11 is 0. The summed E-state index contributed by atoms with van der Waals surface area (Å²) in [5, 5.41) is 0. The summed E-state index contributed by atoms with van der Waals surface area (Å²) in [6.45, 7) is 3.70. The maximum absolute atomic E-state index is 15.1. The maximum atomic E-state index is 15.1. The standard InChI is InChI=1S/C32H26F10O2/c1-2-3-4-17-5-7-18(8-6-17)19-11-22(33)29(23(34)12-19)20-13-24(35)30(25(36)14-20)32(41,42)44-21-15-26(37)31(27(38)16-21)43-10-9-28(39)40/h2,9-18,28H,1,3-8H2. The molecule has 0 atom stereocenters. The lowest BCUT2D eigenvalue weighted by Crippen LogP contribution is -2.25. The van der Waals surface area contributed by atoms with Crippen LogP contribution in [0.15, 0.2) is 61.4 Å². The molecule has 0 amide bonds. The molecule has 0 N–H and O–H groups in total. The van der Waals surface area contributed by atoms with E-state index >= 15 is 8.78 Å². The van der Waals surface area contributed by atoms with Gasteiger partial charge in [-0.15, -0.1) is 6.58 Å². The number of halogens is 10. The molecule has 0 saturated heterocycles. The lowest BCUT2D eigenvalue weighted by molar-refractivity contribution is -0.189. The van der Waals surface area contributed by atoms with Crippen molar-refractivity contribution in [2.75, 3.05) is 0 Å². The quantitative estimate of drug-likeness (QED) is 0.119. The third-order valence-electron chi connectivity index (χ3n) is 7.41. The fourth-order valence-corrected chi connectivity index (χ4v) is 5.31. The van der Waals surface area contributed by atoms with Gasteiger partial charge in [0.25, 0.3) is 6.43 Å². The summed E-state index contributed by atoms with van der Waals surface area (Å²) in [5.41, 5.74) is -3.15. The molecule has 0 bridgehead atoms. The Morgan fingerprint density at radius 2 is 1.36 bits per heavy atom. The Hall–Kier alpha value is -3.96. The van der Waals surface area contributed by atoms with Crippen LogP contribution in [0.1, 0.15) is 55.6 Å². The fraction of sp³-hybridized carbons (Fsp3) is 0.312. The van der Waals surface area contributed by atoms with Gasteiger partial charge >= 0.3 is 6.11 Å². The SMILES string of the molecule is C=CCCC1CCC(c2cc(F)c(-c3cc(F)c(C(F)(F)Oc4cc(F)c(OC=CC(F)F)c(F)c4)c(F)c3)c(F)c2)CC1. The van der Waals surface area contributed by atoms with Gasteiger partial charge in [0, 0.05) is 18.2 Å². The Morgan fingerprint density at radius 1 is 0.795 bits per heavy atom. The summed E-state index contributed by atoms with van der Waals surface area (Å²) in [5.74, 6) is -11.6. The molecule has 12 heteroatoms. The Morgan fingerprint density at radius 3 is 1.89 bits per heavy atom. The maximum Gasteiger partial charge on any atom is 0.432 e. The van der Waals surface area contributed by atoms with E-state index in [1.807, 2.05) is 6.08 Å². The van der Waals surface area contributed by atoms with E-state index in [1.165, 1.54) is 0 Å². The first kappa shape index (κ1) is 32.9. The van der Waals surface area contributed by atoms with Gasteiger partial charge in [0.15, 0.2) is 17.4 Å². The van der Waals surface area contributed by atoms with Crippen molar-refractivity contribution in [2.24, 2.45) is 5.92 Å². The Bertz CT molecular complexity index is 1460. The van der Waals surface area contributed by atoms with Crippen molar-refractivity contribution >= 4 is 0 Å². The van der Waals surface area contributed by atoms with E-state index < -0.39 is 75.6 Å². The molecule has 3 aromatic carbocycles. The first-order chi connectivity index (χ1) is 20.8. The van der Waals surface area contributed by atoms with Crippen LogP contribution < -0.4 is 9.47 Å². The molecule has 1 aliphatic rings. The zero-order chi connectivity index (χ0) is 32.2. The molecule has 0 heterocycles. The minimum atomic E-state index is -4.87. The Kier molecular flexibility index (Phi) is 10.3. The predicted molar refractivity (Wildman–Crippen MR) is 142 cm³/mol. The average molecular weight is 633 g/mol. The van der Waals surface area contributed by atoms with Crippen LogP contribution in [-0.4, -0.2) is 6.43 Å². The van der Waals surface area contributed by atoms with E-state index in [4.69, 9.17) is 0 Å². The van der Waals surface area contributed by atoms with Crippen molar-refractivity contribution in [1.29, 1.82) is 0 Å². The van der Waals surface area contributed by atoms with Crippen LogP contribution in [-0.2, 0) is 6.11 Å². The monoisotopic (exact) mass is 632 g/mol. The summed E-state index contributed by atoms with van der Waals surface area (Å²) < 4.78 is 151. The number of alkyl halides is 4. The van der Waals surface area contributed by atoms with Crippen LogP contribution in [0.25, 0.3) is 11.1 Å². The zero-order valence-electron chi connectivity index (χ0n) is 23.0. The fourth-order valence-electron chi connectivity index (χ4n) is 5.31. The molecule has 3 aromatic rings. The Labute approximate surface area is 246 Å². The molecule has 4 rings (SSSR count). The Balaban J connectivity index is 1.55. The highest BCUT2D eigenvalue weighted by Gasteiger charge is 2.42. The van der Waals surface area contributed by atoms with E-state index in [9.17, 15) is 35.1 Å². The van der Waals surface area contributed by atoms with Gasteiger partial charge < -0.3 is 9.47 Å².